The van der Waals surface area contributed by atoms with Crippen LogP contribution in [0, 0.1) is 11.3 Å². The second kappa shape index (κ2) is 6.78. The molecule has 20 heavy (non-hydrogen) atoms. The molecule has 2 N–H and O–H groups in total. The molecule has 0 amide bonds. The third-order valence-electron chi connectivity index (χ3n) is 2.68. The highest BCUT2D eigenvalue weighted by Gasteiger charge is 2.09. The minimum absolute atomic E-state index is 0.268. The molecule has 104 valence electrons. The van der Waals surface area contributed by atoms with Gasteiger partial charge in [-0.05, 0) is 35.9 Å². The van der Waals surface area contributed by atoms with Crippen LogP contribution in [0.15, 0.2) is 34.7 Å². The van der Waals surface area contributed by atoms with Crippen molar-refractivity contribution in [3.63, 3.8) is 0 Å². The van der Waals surface area contributed by atoms with Crippen LogP contribution in [0.1, 0.15) is 23.2 Å². The van der Waals surface area contributed by atoms with Crippen LogP contribution in [-0.2, 0) is 6.54 Å². The van der Waals surface area contributed by atoms with Crippen molar-refractivity contribution in [1.29, 1.82) is 5.26 Å². The zero-order chi connectivity index (χ0) is 14.5. The Balaban J connectivity index is 1.88. The first-order valence-electron chi connectivity index (χ1n) is 5.92. The Kier molecular flexibility index (Phi) is 5.05. The van der Waals surface area contributed by atoms with Gasteiger partial charge < -0.3 is 14.8 Å². The number of aliphatic hydroxyl groups excluding tert-OH is 1. The lowest BCUT2D eigenvalue weighted by atomic mass is 10.1. The zero-order valence-electron chi connectivity index (χ0n) is 10.4. The fourth-order valence-corrected chi connectivity index (χ4v) is 2.29. The van der Waals surface area contributed by atoms with Gasteiger partial charge in [-0.1, -0.05) is 23.2 Å². The quantitative estimate of drug-likeness (QED) is 0.889. The third kappa shape index (κ3) is 3.99. The highest BCUT2D eigenvalue weighted by Crippen LogP contribution is 2.23. The lowest BCUT2D eigenvalue weighted by Crippen LogP contribution is -2.20. The Hall–Kier alpha value is -1.51. The van der Waals surface area contributed by atoms with Crippen LogP contribution < -0.4 is 5.32 Å². The molecular weight excluding hydrogens is 299 g/mol. The lowest BCUT2D eigenvalue weighted by Gasteiger charge is -2.12. The number of halogens is 2. The lowest BCUT2D eigenvalue weighted by molar-refractivity contribution is 0.173. The van der Waals surface area contributed by atoms with Crippen molar-refractivity contribution in [2.45, 2.75) is 12.6 Å². The maximum absolute atomic E-state index is 10.0. The molecule has 0 aliphatic carbocycles. The molecule has 1 aromatic carbocycles. The van der Waals surface area contributed by atoms with Crippen molar-refractivity contribution in [3.05, 3.63) is 57.5 Å². The maximum Gasteiger partial charge on any atom is 0.203 e. The summed E-state index contributed by atoms with van der Waals surface area (Å²) in [6.45, 7) is 0.742. The summed E-state index contributed by atoms with van der Waals surface area (Å²) in [5, 5.41) is 22.7. The predicted molar refractivity (Wildman–Crippen MR) is 76.6 cm³/mol. The number of nitrogens with zero attached hydrogens (tertiary/aromatic N) is 1. The molecule has 4 nitrogen and oxygen atoms in total. The van der Waals surface area contributed by atoms with Gasteiger partial charge in [0.15, 0.2) is 0 Å². The number of benzene rings is 1. The van der Waals surface area contributed by atoms with Crippen LogP contribution in [0.25, 0.3) is 0 Å². The molecule has 0 fully saturated rings. The number of furan rings is 1. The molecule has 1 atom stereocenters. The van der Waals surface area contributed by atoms with Gasteiger partial charge in [-0.25, -0.2) is 0 Å². The Morgan fingerprint density at radius 2 is 1.95 bits per heavy atom. The molecule has 0 saturated carbocycles. The Labute approximate surface area is 126 Å². The monoisotopic (exact) mass is 310 g/mol. The number of nitrogens with one attached hydrogen (secondary N) is 1. The van der Waals surface area contributed by atoms with E-state index >= 15 is 0 Å². The van der Waals surface area contributed by atoms with E-state index in [1.807, 2.05) is 6.07 Å². The molecule has 2 aromatic rings. The molecule has 0 bridgehead atoms. The highest BCUT2D eigenvalue weighted by atomic mass is 35.5. The van der Waals surface area contributed by atoms with E-state index in [9.17, 15) is 5.11 Å². The van der Waals surface area contributed by atoms with Gasteiger partial charge in [-0.3, -0.25) is 0 Å². The first-order valence-corrected chi connectivity index (χ1v) is 6.67. The number of aliphatic hydroxyl groups is 1. The van der Waals surface area contributed by atoms with Gasteiger partial charge in [0.2, 0.25) is 5.76 Å². The molecule has 0 spiro atoms. The summed E-state index contributed by atoms with van der Waals surface area (Å²) >= 11 is 11.8. The second-order valence-electron chi connectivity index (χ2n) is 4.23. The van der Waals surface area contributed by atoms with E-state index in [1.54, 1.807) is 30.3 Å². The van der Waals surface area contributed by atoms with Crippen molar-refractivity contribution in [1.82, 2.24) is 5.32 Å². The molecule has 0 aliphatic heterocycles. The molecule has 2 rings (SSSR count). The summed E-state index contributed by atoms with van der Waals surface area (Å²) in [6.07, 6.45) is -0.725. The van der Waals surface area contributed by atoms with Gasteiger partial charge in [-0.15, -0.1) is 0 Å². The van der Waals surface area contributed by atoms with Crippen LogP contribution in [-0.4, -0.2) is 11.7 Å². The first-order chi connectivity index (χ1) is 9.58. The summed E-state index contributed by atoms with van der Waals surface area (Å²) < 4.78 is 5.21. The van der Waals surface area contributed by atoms with Crippen LogP contribution in [0.5, 0.6) is 0 Å². The molecule has 1 unspecified atom stereocenters. The van der Waals surface area contributed by atoms with E-state index in [1.165, 1.54) is 0 Å². The van der Waals surface area contributed by atoms with Gasteiger partial charge in [0, 0.05) is 16.6 Å². The largest absolute Gasteiger partial charge is 0.449 e. The van der Waals surface area contributed by atoms with Gasteiger partial charge in [0.05, 0.1) is 12.6 Å². The SMILES string of the molecule is N#Cc1ccc(CNCC(O)c2cc(Cl)cc(Cl)c2)o1. The van der Waals surface area contributed by atoms with E-state index in [-0.39, 0.29) is 5.76 Å². The van der Waals surface area contributed by atoms with E-state index in [4.69, 9.17) is 32.9 Å². The second-order valence-corrected chi connectivity index (χ2v) is 5.10. The Morgan fingerprint density at radius 3 is 2.55 bits per heavy atom. The summed E-state index contributed by atoms with van der Waals surface area (Å²) in [4.78, 5) is 0. The van der Waals surface area contributed by atoms with Crippen molar-refractivity contribution in [2.24, 2.45) is 0 Å². The fraction of sp³-hybridized carbons (Fsp3) is 0.214. The normalized spacial score (nSPS) is 12.1. The van der Waals surface area contributed by atoms with Gasteiger partial charge >= 0.3 is 0 Å². The van der Waals surface area contributed by atoms with E-state index in [2.05, 4.69) is 5.32 Å². The van der Waals surface area contributed by atoms with Crippen LogP contribution in [0.4, 0.5) is 0 Å². The number of hydrogen-bond donors (Lipinski definition) is 2. The van der Waals surface area contributed by atoms with Gasteiger partial charge in [0.25, 0.3) is 0 Å². The molecule has 0 saturated heterocycles. The maximum atomic E-state index is 10.0. The third-order valence-corrected chi connectivity index (χ3v) is 3.11. The van der Waals surface area contributed by atoms with E-state index in [0.717, 1.165) is 0 Å². The van der Waals surface area contributed by atoms with E-state index in [0.29, 0.717) is 34.5 Å². The van der Waals surface area contributed by atoms with Gasteiger partial charge in [-0.2, -0.15) is 5.26 Å². The molecule has 1 aromatic heterocycles. The van der Waals surface area contributed by atoms with Crippen molar-refractivity contribution < 1.29 is 9.52 Å². The molecular formula is C14H12Cl2N2O2. The Bertz CT molecular complexity index is 614. The smallest absolute Gasteiger partial charge is 0.203 e. The van der Waals surface area contributed by atoms with Crippen LogP contribution >= 0.6 is 23.2 Å². The Morgan fingerprint density at radius 1 is 1.25 bits per heavy atom. The molecule has 0 radical (unpaired) electrons. The number of rotatable bonds is 5. The topological polar surface area (TPSA) is 69.2 Å². The minimum atomic E-state index is -0.725. The highest BCUT2D eigenvalue weighted by molar-refractivity contribution is 6.34. The standard InChI is InChI=1S/C14H12Cl2N2O2/c15-10-3-9(4-11(16)5-10)14(19)8-18-7-13-2-1-12(6-17)20-13/h1-5,14,18-19H,7-8H2. The summed E-state index contributed by atoms with van der Waals surface area (Å²) in [7, 11) is 0. The predicted octanol–water partition coefficient (Wildman–Crippen LogP) is 3.28. The number of hydrogen-bond acceptors (Lipinski definition) is 4. The van der Waals surface area contributed by atoms with E-state index < -0.39 is 6.10 Å². The molecule has 0 aliphatic rings. The average Bonchev–Trinajstić information content (AvgIpc) is 2.85. The average molecular weight is 311 g/mol. The fourth-order valence-electron chi connectivity index (χ4n) is 1.75. The first kappa shape index (κ1) is 14.9. The zero-order valence-corrected chi connectivity index (χ0v) is 11.9. The number of nitriles is 1. The van der Waals surface area contributed by atoms with Crippen molar-refractivity contribution >= 4 is 23.2 Å². The van der Waals surface area contributed by atoms with Crippen LogP contribution in [0.3, 0.4) is 0 Å². The summed E-state index contributed by atoms with van der Waals surface area (Å²) in [5.41, 5.74) is 0.646. The molecule has 6 heteroatoms. The van der Waals surface area contributed by atoms with Crippen LogP contribution in [0.2, 0.25) is 10.0 Å². The summed E-state index contributed by atoms with van der Waals surface area (Å²) in [5.74, 6) is 0.904. The van der Waals surface area contributed by atoms with Gasteiger partial charge in [0.1, 0.15) is 11.8 Å². The van der Waals surface area contributed by atoms with Crippen molar-refractivity contribution in [2.75, 3.05) is 6.54 Å². The van der Waals surface area contributed by atoms with Crippen molar-refractivity contribution in [3.8, 4) is 6.07 Å². The summed E-state index contributed by atoms with van der Waals surface area (Å²) in [6, 6.07) is 10.2. The molecule has 1 heterocycles. The minimum Gasteiger partial charge on any atom is -0.449 e.